The van der Waals surface area contributed by atoms with Crippen molar-refractivity contribution in [3.8, 4) is 5.75 Å². The molecular formula is C19H22ClN3O. The number of unbranched alkanes of at least 4 members (excludes halogenated alkanes) is 2. The molecule has 0 aliphatic carbocycles. The van der Waals surface area contributed by atoms with Gasteiger partial charge in [0.05, 0.1) is 23.8 Å². The summed E-state index contributed by atoms with van der Waals surface area (Å²) in [6.07, 6.45) is 3.27. The normalized spacial score (nSPS) is 11.1. The molecule has 2 aromatic carbocycles. The molecular weight excluding hydrogens is 322 g/mol. The Morgan fingerprint density at radius 1 is 1.04 bits per heavy atom. The highest BCUT2D eigenvalue weighted by molar-refractivity contribution is 6.31. The fraction of sp³-hybridized carbons (Fsp3) is 0.316. The van der Waals surface area contributed by atoms with Crippen LogP contribution in [0.4, 0.5) is 5.69 Å². The van der Waals surface area contributed by atoms with E-state index in [1.54, 1.807) is 7.11 Å². The quantitative estimate of drug-likeness (QED) is 0.486. The number of nitrogens with two attached hydrogens (primary N) is 1. The standard InChI is InChI=1S/C19H22ClN3O/c1-24-14-6-8-17-16(12-14)19(22-10-4-2-3-9-21)15-7-5-13(20)11-18(15)23-17/h5-8,11-12H,2-4,9-10,21H2,1H3,(H,22,23). The van der Waals surface area contributed by atoms with Crippen molar-refractivity contribution in [3.05, 3.63) is 41.4 Å². The fourth-order valence-corrected chi connectivity index (χ4v) is 3.04. The predicted octanol–water partition coefficient (Wildman–Crippen LogP) is 4.59. The molecule has 0 amide bonds. The molecule has 0 fully saturated rings. The molecule has 5 heteroatoms. The summed E-state index contributed by atoms with van der Waals surface area (Å²) in [4.78, 5) is 4.74. The molecule has 0 atom stereocenters. The Morgan fingerprint density at radius 3 is 2.71 bits per heavy atom. The van der Waals surface area contributed by atoms with Crippen LogP contribution in [0.5, 0.6) is 5.75 Å². The van der Waals surface area contributed by atoms with E-state index in [0.717, 1.165) is 65.6 Å². The predicted molar refractivity (Wildman–Crippen MR) is 102 cm³/mol. The average molecular weight is 344 g/mol. The lowest BCUT2D eigenvalue weighted by atomic mass is 10.1. The van der Waals surface area contributed by atoms with Gasteiger partial charge < -0.3 is 15.8 Å². The Bertz CT molecular complexity index is 851. The van der Waals surface area contributed by atoms with Gasteiger partial charge in [-0.15, -0.1) is 0 Å². The molecule has 126 valence electrons. The maximum Gasteiger partial charge on any atom is 0.119 e. The van der Waals surface area contributed by atoms with Gasteiger partial charge in [-0.05, 0) is 55.8 Å². The minimum absolute atomic E-state index is 0.691. The molecule has 0 aliphatic rings. The lowest BCUT2D eigenvalue weighted by molar-refractivity contribution is 0.415. The third-order valence-corrected chi connectivity index (χ3v) is 4.36. The molecule has 0 spiro atoms. The van der Waals surface area contributed by atoms with Crippen LogP contribution in [0.3, 0.4) is 0 Å². The number of anilines is 1. The first kappa shape index (κ1) is 16.8. The molecule has 3 aromatic rings. The van der Waals surface area contributed by atoms with Crippen LogP contribution in [0.15, 0.2) is 36.4 Å². The number of nitrogens with one attached hydrogen (secondary N) is 1. The number of nitrogens with zero attached hydrogens (tertiary/aromatic N) is 1. The van der Waals surface area contributed by atoms with Gasteiger partial charge in [0.25, 0.3) is 0 Å². The molecule has 0 aliphatic heterocycles. The Labute approximate surface area is 147 Å². The molecule has 3 rings (SSSR count). The molecule has 0 bridgehead atoms. The van der Waals surface area contributed by atoms with Crippen LogP contribution in [0.2, 0.25) is 5.02 Å². The third kappa shape index (κ3) is 3.55. The molecule has 0 unspecified atom stereocenters. The van der Waals surface area contributed by atoms with Crippen molar-refractivity contribution in [2.24, 2.45) is 5.73 Å². The summed E-state index contributed by atoms with van der Waals surface area (Å²) in [6.45, 7) is 1.64. The van der Waals surface area contributed by atoms with E-state index in [4.69, 9.17) is 27.1 Å². The molecule has 0 saturated heterocycles. The zero-order chi connectivity index (χ0) is 16.9. The Hall–Kier alpha value is -2.04. The summed E-state index contributed by atoms with van der Waals surface area (Å²) in [5.41, 5.74) is 8.46. The number of rotatable bonds is 7. The highest BCUT2D eigenvalue weighted by atomic mass is 35.5. The summed E-state index contributed by atoms with van der Waals surface area (Å²) in [6, 6.07) is 11.8. The van der Waals surface area contributed by atoms with Crippen molar-refractivity contribution >= 4 is 39.1 Å². The Kier molecular flexibility index (Phi) is 5.38. The molecule has 0 saturated carbocycles. The highest BCUT2D eigenvalue weighted by Crippen LogP contribution is 2.34. The number of hydrogen-bond donors (Lipinski definition) is 2. The van der Waals surface area contributed by atoms with Crippen molar-refractivity contribution in [2.45, 2.75) is 19.3 Å². The number of ether oxygens (including phenoxy) is 1. The second-order valence-corrected chi connectivity index (χ2v) is 6.24. The molecule has 3 N–H and O–H groups in total. The number of pyridine rings is 1. The number of benzene rings is 2. The lowest BCUT2D eigenvalue weighted by Gasteiger charge is -2.14. The minimum Gasteiger partial charge on any atom is -0.497 e. The number of aromatic nitrogens is 1. The van der Waals surface area contributed by atoms with Crippen molar-refractivity contribution in [1.29, 1.82) is 0 Å². The molecule has 1 heterocycles. The highest BCUT2D eigenvalue weighted by Gasteiger charge is 2.10. The number of halogens is 1. The lowest BCUT2D eigenvalue weighted by Crippen LogP contribution is -2.05. The average Bonchev–Trinajstić information content (AvgIpc) is 2.60. The topological polar surface area (TPSA) is 60.2 Å². The van der Waals surface area contributed by atoms with E-state index in [0.29, 0.717) is 5.02 Å². The van der Waals surface area contributed by atoms with Crippen molar-refractivity contribution in [3.63, 3.8) is 0 Å². The monoisotopic (exact) mass is 343 g/mol. The van der Waals surface area contributed by atoms with Crippen LogP contribution in [-0.4, -0.2) is 25.2 Å². The SMILES string of the molecule is COc1ccc2nc3cc(Cl)ccc3c(NCCCCCN)c2c1. The van der Waals surface area contributed by atoms with Gasteiger partial charge >= 0.3 is 0 Å². The van der Waals surface area contributed by atoms with Gasteiger partial charge in [0.1, 0.15) is 5.75 Å². The van der Waals surface area contributed by atoms with Gasteiger partial charge in [0.2, 0.25) is 0 Å². The van der Waals surface area contributed by atoms with E-state index in [1.165, 1.54) is 0 Å². The maximum absolute atomic E-state index is 6.14. The van der Waals surface area contributed by atoms with Crippen molar-refractivity contribution < 1.29 is 4.74 Å². The Morgan fingerprint density at radius 2 is 1.92 bits per heavy atom. The third-order valence-electron chi connectivity index (χ3n) is 4.13. The van der Waals surface area contributed by atoms with Crippen LogP contribution in [0.25, 0.3) is 21.8 Å². The second-order valence-electron chi connectivity index (χ2n) is 5.81. The maximum atomic E-state index is 6.14. The molecule has 4 nitrogen and oxygen atoms in total. The molecule has 24 heavy (non-hydrogen) atoms. The van der Waals surface area contributed by atoms with E-state index >= 15 is 0 Å². The van der Waals surface area contributed by atoms with Gasteiger partial charge in [0, 0.05) is 22.3 Å². The van der Waals surface area contributed by atoms with Gasteiger partial charge in [-0.3, -0.25) is 0 Å². The van der Waals surface area contributed by atoms with Crippen LogP contribution in [0, 0.1) is 0 Å². The van der Waals surface area contributed by atoms with Gasteiger partial charge in [0.15, 0.2) is 0 Å². The van der Waals surface area contributed by atoms with Crippen LogP contribution in [-0.2, 0) is 0 Å². The summed E-state index contributed by atoms with van der Waals surface area (Å²) in [5.74, 6) is 0.823. The summed E-state index contributed by atoms with van der Waals surface area (Å²) >= 11 is 6.14. The van der Waals surface area contributed by atoms with Gasteiger partial charge in [-0.2, -0.15) is 0 Å². The zero-order valence-corrected chi connectivity index (χ0v) is 14.6. The molecule has 1 aromatic heterocycles. The van der Waals surface area contributed by atoms with Crippen LogP contribution >= 0.6 is 11.6 Å². The van der Waals surface area contributed by atoms with E-state index in [-0.39, 0.29) is 0 Å². The molecule has 0 radical (unpaired) electrons. The summed E-state index contributed by atoms with van der Waals surface area (Å²) in [5, 5.41) is 6.40. The fourth-order valence-electron chi connectivity index (χ4n) is 2.87. The van der Waals surface area contributed by atoms with E-state index in [1.807, 2.05) is 36.4 Å². The van der Waals surface area contributed by atoms with E-state index < -0.39 is 0 Å². The van der Waals surface area contributed by atoms with Gasteiger partial charge in [-0.1, -0.05) is 18.0 Å². The first-order chi connectivity index (χ1) is 11.7. The first-order valence-corrected chi connectivity index (χ1v) is 8.61. The van der Waals surface area contributed by atoms with Crippen LogP contribution < -0.4 is 15.8 Å². The van der Waals surface area contributed by atoms with Crippen LogP contribution in [0.1, 0.15) is 19.3 Å². The summed E-state index contributed by atoms with van der Waals surface area (Å²) < 4.78 is 5.38. The largest absolute Gasteiger partial charge is 0.497 e. The number of hydrogen-bond acceptors (Lipinski definition) is 4. The van der Waals surface area contributed by atoms with E-state index in [9.17, 15) is 0 Å². The Balaban J connectivity index is 2.05. The van der Waals surface area contributed by atoms with E-state index in [2.05, 4.69) is 5.32 Å². The van der Waals surface area contributed by atoms with Crippen molar-refractivity contribution in [2.75, 3.05) is 25.5 Å². The minimum atomic E-state index is 0.691. The zero-order valence-electron chi connectivity index (χ0n) is 13.8. The van der Waals surface area contributed by atoms with Gasteiger partial charge in [-0.25, -0.2) is 4.98 Å². The second kappa shape index (κ2) is 7.69. The number of fused-ring (bicyclic) bond motifs is 2. The number of methoxy groups -OCH3 is 1. The van der Waals surface area contributed by atoms with Crippen molar-refractivity contribution in [1.82, 2.24) is 4.98 Å². The summed E-state index contributed by atoms with van der Waals surface area (Å²) in [7, 11) is 1.68. The smallest absolute Gasteiger partial charge is 0.119 e. The first-order valence-electron chi connectivity index (χ1n) is 8.24.